The summed E-state index contributed by atoms with van der Waals surface area (Å²) in [7, 11) is 0. The normalized spacial score (nSPS) is 11.4. The number of halogens is 1. The Morgan fingerprint density at radius 3 is 2.03 bits per heavy atom. The number of aliphatic hydroxyl groups excluding tert-OH is 1. The minimum atomic E-state index is -0.777. The molecule has 0 radical (unpaired) electrons. The largest absolute Gasteiger partial charge is 0.490 e. The second-order valence-electron chi connectivity index (χ2n) is 7.44. The third-order valence-corrected chi connectivity index (χ3v) is 5.01. The van der Waals surface area contributed by atoms with Crippen LogP contribution in [0.25, 0.3) is 0 Å². The number of benzene rings is 3. The van der Waals surface area contributed by atoms with E-state index < -0.39 is 12.1 Å². The second-order valence-corrected chi connectivity index (χ2v) is 7.44. The molecule has 0 bridgehead atoms. The first-order chi connectivity index (χ1) is 16.1. The molecule has 0 spiro atoms. The van der Waals surface area contributed by atoms with E-state index >= 15 is 0 Å². The molecule has 3 rings (SSSR count). The molecule has 182 valence electrons. The molecule has 0 saturated heterocycles. The number of carbonyl (C=O) groups is 1. The van der Waals surface area contributed by atoms with Crippen molar-refractivity contribution in [3.63, 3.8) is 0 Å². The molecule has 1 unspecified atom stereocenters. The number of ether oxygens (including phenoxy) is 3. The summed E-state index contributed by atoms with van der Waals surface area (Å²) in [5, 5.41) is 14.1. The standard InChI is InChI=1S/C27H31NO5.ClH/c1-3-31-24-16-15-22(27(30)32-4-2)17-25(24)33-19-23(29)18-28-26(20-11-7-5-8-12-20)21-13-9-6-10-14-21;/h5-17,23,26,28-29H,3-4,18-19H2,1-2H3;1H. The molecule has 0 heterocycles. The van der Waals surface area contributed by atoms with Gasteiger partial charge >= 0.3 is 5.97 Å². The number of rotatable bonds is 12. The molecule has 2 N–H and O–H groups in total. The first kappa shape index (κ1) is 27.2. The van der Waals surface area contributed by atoms with Crippen molar-refractivity contribution in [2.75, 3.05) is 26.4 Å². The van der Waals surface area contributed by atoms with Gasteiger partial charge in [-0.3, -0.25) is 0 Å². The van der Waals surface area contributed by atoms with Gasteiger partial charge in [0.15, 0.2) is 11.5 Å². The van der Waals surface area contributed by atoms with E-state index in [0.717, 1.165) is 11.1 Å². The lowest BCUT2D eigenvalue weighted by atomic mass is 9.98. The molecule has 3 aromatic rings. The number of aliphatic hydroxyl groups is 1. The summed E-state index contributed by atoms with van der Waals surface area (Å²) in [6.07, 6.45) is -0.777. The predicted octanol–water partition coefficient (Wildman–Crippen LogP) is 4.80. The van der Waals surface area contributed by atoms with Gasteiger partial charge in [-0.15, -0.1) is 12.4 Å². The van der Waals surface area contributed by atoms with Crippen LogP contribution in [0.15, 0.2) is 78.9 Å². The van der Waals surface area contributed by atoms with Gasteiger partial charge < -0.3 is 24.6 Å². The zero-order chi connectivity index (χ0) is 23.5. The molecule has 34 heavy (non-hydrogen) atoms. The van der Waals surface area contributed by atoms with E-state index in [-0.39, 0.29) is 31.7 Å². The Hall–Kier alpha value is -3.06. The first-order valence-corrected chi connectivity index (χ1v) is 11.2. The predicted molar refractivity (Wildman–Crippen MR) is 135 cm³/mol. The Morgan fingerprint density at radius 1 is 0.853 bits per heavy atom. The van der Waals surface area contributed by atoms with Crippen molar-refractivity contribution in [3.05, 3.63) is 95.6 Å². The Bertz CT molecular complexity index is 961. The number of hydrogen-bond donors (Lipinski definition) is 2. The molecule has 0 aromatic heterocycles. The van der Waals surface area contributed by atoms with Gasteiger partial charge in [-0.05, 0) is 43.2 Å². The van der Waals surface area contributed by atoms with Crippen LogP contribution in [0.2, 0.25) is 0 Å². The van der Waals surface area contributed by atoms with Gasteiger partial charge in [0.05, 0.1) is 24.8 Å². The molecule has 0 saturated carbocycles. The molecule has 0 aliphatic heterocycles. The van der Waals surface area contributed by atoms with E-state index in [9.17, 15) is 9.90 Å². The maximum absolute atomic E-state index is 12.1. The Morgan fingerprint density at radius 2 is 1.47 bits per heavy atom. The molecular weight excluding hydrogens is 454 g/mol. The molecule has 0 fully saturated rings. The van der Waals surface area contributed by atoms with Crippen LogP contribution >= 0.6 is 12.4 Å². The summed E-state index contributed by atoms with van der Waals surface area (Å²) in [5.41, 5.74) is 2.59. The van der Waals surface area contributed by atoms with Gasteiger partial charge in [-0.2, -0.15) is 0 Å². The molecule has 0 amide bonds. The van der Waals surface area contributed by atoms with Gasteiger partial charge in [0.25, 0.3) is 0 Å². The fourth-order valence-corrected chi connectivity index (χ4v) is 3.45. The third-order valence-electron chi connectivity index (χ3n) is 5.01. The molecular formula is C27H32ClNO5. The molecule has 3 aromatic carbocycles. The van der Waals surface area contributed by atoms with Crippen LogP contribution in [0.5, 0.6) is 11.5 Å². The zero-order valence-corrected chi connectivity index (χ0v) is 20.3. The van der Waals surface area contributed by atoms with Gasteiger partial charge in [0.1, 0.15) is 12.7 Å². The topological polar surface area (TPSA) is 77.0 Å². The minimum Gasteiger partial charge on any atom is -0.490 e. The van der Waals surface area contributed by atoms with E-state index in [1.54, 1.807) is 25.1 Å². The van der Waals surface area contributed by atoms with Crippen molar-refractivity contribution in [2.24, 2.45) is 0 Å². The highest BCUT2D eigenvalue weighted by Gasteiger charge is 2.17. The highest BCUT2D eigenvalue weighted by atomic mass is 35.5. The maximum atomic E-state index is 12.1. The lowest BCUT2D eigenvalue weighted by Gasteiger charge is -2.22. The van der Waals surface area contributed by atoms with Crippen molar-refractivity contribution >= 4 is 18.4 Å². The summed E-state index contributed by atoms with van der Waals surface area (Å²) in [6.45, 7) is 4.72. The summed E-state index contributed by atoms with van der Waals surface area (Å²) in [5.74, 6) is 0.474. The van der Waals surface area contributed by atoms with E-state index in [4.69, 9.17) is 14.2 Å². The van der Waals surface area contributed by atoms with Crippen LogP contribution in [0, 0.1) is 0 Å². The average molecular weight is 486 g/mol. The fourth-order valence-electron chi connectivity index (χ4n) is 3.45. The molecule has 7 heteroatoms. The van der Waals surface area contributed by atoms with Crippen molar-refractivity contribution in [3.8, 4) is 11.5 Å². The van der Waals surface area contributed by atoms with E-state index in [1.165, 1.54) is 0 Å². The van der Waals surface area contributed by atoms with Crippen molar-refractivity contribution < 1.29 is 24.1 Å². The van der Waals surface area contributed by atoms with E-state index in [0.29, 0.717) is 30.2 Å². The van der Waals surface area contributed by atoms with Gasteiger partial charge in [0, 0.05) is 6.54 Å². The Balaban J connectivity index is 0.00000408. The van der Waals surface area contributed by atoms with Crippen molar-refractivity contribution in [1.82, 2.24) is 5.32 Å². The number of carbonyl (C=O) groups excluding carboxylic acids is 1. The maximum Gasteiger partial charge on any atom is 0.338 e. The van der Waals surface area contributed by atoms with Crippen LogP contribution in [-0.2, 0) is 4.74 Å². The van der Waals surface area contributed by atoms with Gasteiger partial charge in [0.2, 0.25) is 0 Å². The SMILES string of the molecule is CCOC(=O)c1ccc(OCC)c(OCC(O)CNC(c2ccccc2)c2ccccc2)c1.Cl. The van der Waals surface area contributed by atoms with Gasteiger partial charge in [-0.1, -0.05) is 60.7 Å². The lowest BCUT2D eigenvalue weighted by molar-refractivity contribution is 0.0525. The van der Waals surface area contributed by atoms with Crippen LogP contribution in [0.4, 0.5) is 0 Å². The first-order valence-electron chi connectivity index (χ1n) is 11.2. The smallest absolute Gasteiger partial charge is 0.338 e. The average Bonchev–Trinajstić information content (AvgIpc) is 2.85. The summed E-state index contributed by atoms with van der Waals surface area (Å²) < 4.78 is 16.5. The van der Waals surface area contributed by atoms with Crippen LogP contribution in [-0.4, -0.2) is 43.5 Å². The molecule has 6 nitrogen and oxygen atoms in total. The number of hydrogen-bond acceptors (Lipinski definition) is 6. The monoisotopic (exact) mass is 485 g/mol. The zero-order valence-electron chi connectivity index (χ0n) is 19.5. The lowest BCUT2D eigenvalue weighted by Crippen LogP contribution is -2.34. The number of nitrogens with one attached hydrogen (secondary N) is 1. The van der Waals surface area contributed by atoms with E-state index in [2.05, 4.69) is 29.6 Å². The van der Waals surface area contributed by atoms with Crippen LogP contribution < -0.4 is 14.8 Å². The minimum absolute atomic E-state index is 0. The highest BCUT2D eigenvalue weighted by molar-refractivity contribution is 5.90. The molecule has 1 atom stereocenters. The Kier molecular flexibility index (Phi) is 11.4. The number of esters is 1. The van der Waals surface area contributed by atoms with E-state index in [1.807, 2.05) is 43.3 Å². The fraction of sp³-hybridized carbons (Fsp3) is 0.296. The second kappa shape index (κ2) is 14.3. The summed E-state index contributed by atoms with van der Waals surface area (Å²) >= 11 is 0. The van der Waals surface area contributed by atoms with Crippen LogP contribution in [0.3, 0.4) is 0 Å². The highest BCUT2D eigenvalue weighted by Crippen LogP contribution is 2.29. The quantitative estimate of drug-likeness (QED) is 0.359. The van der Waals surface area contributed by atoms with Crippen molar-refractivity contribution in [2.45, 2.75) is 26.0 Å². The Labute approximate surface area is 207 Å². The summed E-state index contributed by atoms with van der Waals surface area (Å²) in [4.78, 5) is 12.1. The van der Waals surface area contributed by atoms with Crippen molar-refractivity contribution in [1.29, 1.82) is 0 Å². The third kappa shape index (κ3) is 7.76. The van der Waals surface area contributed by atoms with Crippen LogP contribution in [0.1, 0.15) is 41.4 Å². The molecule has 0 aliphatic rings. The molecule has 0 aliphatic carbocycles. The summed E-state index contributed by atoms with van der Waals surface area (Å²) in [6, 6.07) is 25.0. The van der Waals surface area contributed by atoms with Gasteiger partial charge in [-0.25, -0.2) is 4.79 Å².